The van der Waals surface area contributed by atoms with Crippen molar-refractivity contribution in [1.29, 1.82) is 0 Å². The van der Waals surface area contributed by atoms with Crippen molar-refractivity contribution in [2.24, 2.45) is 0 Å². The van der Waals surface area contributed by atoms with Crippen LogP contribution in [0.3, 0.4) is 0 Å². The van der Waals surface area contributed by atoms with Crippen LogP contribution in [0.5, 0.6) is 0 Å². The highest BCUT2D eigenvalue weighted by Gasteiger charge is 2.04. The molecule has 0 bridgehead atoms. The van der Waals surface area contributed by atoms with Crippen LogP contribution in [0.1, 0.15) is 36.6 Å². The summed E-state index contributed by atoms with van der Waals surface area (Å²) in [6.07, 6.45) is 2.60. The number of halogens is 1. The van der Waals surface area contributed by atoms with Gasteiger partial charge in [0.15, 0.2) is 0 Å². The predicted octanol–water partition coefficient (Wildman–Crippen LogP) is 3.89. The minimum atomic E-state index is 0.591. The summed E-state index contributed by atoms with van der Waals surface area (Å²) in [5.74, 6) is 0.591. The van der Waals surface area contributed by atoms with Gasteiger partial charge in [0.05, 0.1) is 12.0 Å². The molecule has 2 nitrogen and oxygen atoms in total. The van der Waals surface area contributed by atoms with Crippen LogP contribution in [0.25, 0.3) is 0 Å². The fourth-order valence-corrected chi connectivity index (χ4v) is 2.01. The molecule has 1 aromatic heterocycles. The summed E-state index contributed by atoms with van der Waals surface area (Å²) in [6, 6.07) is 8.76. The topological polar surface area (TPSA) is 28.7 Å². The highest BCUT2D eigenvalue weighted by molar-refractivity contribution is 9.10. The van der Waals surface area contributed by atoms with Crippen molar-refractivity contribution in [2.45, 2.75) is 26.2 Å². The Hall–Kier alpha value is -1.09. The first kappa shape index (κ1) is 11.4. The lowest BCUT2D eigenvalue weighted by Crippen LogP contribution is -1.92. The first-order chi connectivity index (χ1) is 7.66. The smallest absolute Gasteiger partial charge is 0.127 e. The summed E-state index contributed by atoms with van der Waals surface area (Å²) >= 11 is 3.42. The van der Waals surface area contributed by atoms with Crippen molar-refractivity contribution < 1.29 is 0 Å². The van der Waals surface area contributed by atoms with Gasteiger partial charge in [-0.2, -0.15) is 0 Å². The van der Waals surface area contributed by atoms with Gasteiger partial charge in [0, 0.05) is 6.42 Å². The first-order valence-corrected chi connectivity index (χ1v) is 6.22. The lowest BCUT2D eigenvalue weighted by molar-refractivity contribution is 0.865. The minimum Gasteiger partial charge on any atom is -0.347 e. The van der Waals surface area contributed by atoms with Crippen molar-refractivity contribution in [2.75, 3.05) is 0 Å². The third-order valence-electron chi connectivity index (χ3n) is 2.69. The van der Waals surface area contributed by atoms with E-state index in [1.165, 1.54) is 11.1 Å². The number of aromatic nitrogens is 2. The van der Waals surface area contributed by atoms with Gasteiger partial charge in [-0.15, -0.1) is 0 Å². The van der Waals surface area contributed by atoms with Gasteiger partial charge in [-0.1, -0.05) is 38.1 Å². The summed E-state index contributed by atoms with van der Waals surface area (Å²) in [5.41, 5.74) is 3.80. The van der Waals surface area contributed by atoms with Crippen molar-refractivity contribution in [3.05, 3.63) is 52.0 Å². The Balaban J connectivity index is 2.14. The fourth-order valence-electron chi connectivity index (χ4n) is 1.65. The number of aromatic amines is 1. The Kier molecular flexibility index (Phi) is 3.44. The van der Waals surface area contributed by atoms with Crippen LogP contribution >= 0.6 is 15.9 Å². The molecule has 3 heteroatoms. The van der Waals surface area contributed by atoms with Gasteiger partial charge < -0.3 is 4.98 Å². The van der Waals surface area contributed by atoms with Crippen LogP contribution < -0.4 is 0 Å². The summed E-state index contributed by atoms with van der Waals surface area (Å²) in [7, 11) is 0. The van der Waals surface area contributed by atoms with Crippen LogP contribution in [-0.4, -0.2) is 9.97 Å². The number of hydrogen-bond acceptors (Lipinski definition) is 1. The van der Waals surface area contributed by atoms with E-state index in [-0.39, 0.29) is 0 Å². The number of nitrogens with one attached hydrogen (secondary N) is 1. The quantitative estimate of drug-likeness (QED) is 0.907. The number of nitrogens with zero attached hydrogens (tertiary/aromatic N) is 1. The molecule has 2 aromatic rings. The Morgan fingerprint density at radius 3 is 2.44 bits per heavy atom. The Bertz CT molecular complexity index is 457. The van der Waals surface area contributed by atoms with Crippen LogP contribution in [0.4, 0.5) is 0 Å². The molecule has 2 rings (SSSR count). The van der Waals surface area contributed by atoms with E-state index in [0.29, 0.717) is 5.92 Å². The molecule has 1 aromatic carbocycles. The Morgan fingerprint density at radius 2 is 1.94 bits per heavy atom. The van der Waals surface area contributed by atoms with Crippen LogP contribution in [-0.2, 0) is 6.42 Å². The maximum atomic E-state index is 4.12. The average Bonchev–Trinajstić information content (AvgIpc) is 2.65. The van der Waals surface area contributed by atoms with Crippen molar-refractivity contribution in [3.63, 3.8) is 0 Å². The summed E-state index contributed by atoms with van der Waals surface area (Å²) in [5, 5.41) is 0. The molecule has 0 atom stereocenters. The van der Waals surface area contributed by atoms with Crippen molar-refractivity contribution in [1.82, 2.24) is 9.97 Å². The van der Waals surface area contributed by atoms with E-state index in [1.54, 1.807) is 6.33 Å². The second-order valence-electron chi connectivity index (χ2n) is 4.24. The maximum Gasteiger partial charge on any atom is 0.127 e. The lowest BCUT2D eigenvalue weighted by Gasteiger charge is -2.06. The van der Waals surface area contributed by atoms with E-state index in [9.17, 15) is 0 Å². The summed E-state index contributed by atoms with van der Waals surface area (Å²) in [6.45, 7) is 4.42. The standard InChI is InChI=1S/C13H15BrN2/c1-9(2)11-5-3-10(4-6-11)7-12-13(14)16-8-15-12/h3-6,8-9H,7H2,1-2H3,(H,15,16). The molecule has 1 heterocycles. The first-order valence-electron chi connectivity index (χ1n) is 5.43. The zero-order valence-electron chi connectivity index (χ0n) is 9.50. The van der Waals surface area contributed by atoms with E-state index >= 15 is 0 Å². The van der Waals surface area contributed by atoms with Gasteiger partial charge in [0.2, 0.25) is 0 Å². The van der Waals surface area contributed by atoms with Crippen LogP contribution in [0, 0.1) is 0 Å². The monoisotopic (exact) mass is 278 g/mol. The number of benzene rings is 1. The second-order valence-corrected chi connectivity index (χ2v) is 5.00. The minimum absolute atomic E-state index is 0.591. The largest absolute Gasteiger partial charge is 0.347 e. The van der Waals surface area contributed by atoms with Crippen molar-refractivity contribution >= 4 is 15.9 Å². The van der Waals surface area contributed by atoms with E-state index in [0.717, 1.165) is 16.7 Å². The zero-order valence-corrected chi connectivity index (χ0v) is 11.1. The molecule has 0 aliphatic carbocycles. The number of imidazole rings is 1. The SMILES string of the molecule is CC(C)c1ccc(Cc2[nH]cnc2Br)cc1. The van der Waals surface area contributed by atoms with Crippen LogP contribution in [0.15, 0.2) is 35.2 Å². The highest BCUT2D eigenvalue weighted by atomic mass is 79.9. The molecule has 0 spiro atoms. The third kappa shape index (κ3) is 2.53. The molecule has 0 amide bonds. The molecule has 0 radical (unpaired) electrons. The lowest BCUT2D eigenvalue weighted by atomic mass is 10.0. The molecule has 0 fully saturated rings. The molecule has 0 unspecified atom stereocenters. The molecule has 0 aliphatic heterocycles. The number of hydrogen-bond donors (Lipinski definition) is 1. The third-order valence-corrected chi connectivity index (χ3v) is 3.38. The molecule has 0 saturated carbocycles. The molecule has 0 saturated heterocycles. The number of rotatable bonds is 3. The summed E-state index contributed by atoms with van der Waals surface area (Å²) < 4.78 is 0.903. The molecule has 16 heavy (non-hydrogen) atoms. The van der Waals surface area contributed by atoms with Crippen LogP contribution in [0.2, 0.25) is 0 Å². The fraction of sp³-hybridized carbons (Fsp3) is 0.308. The Labute approximate surface area is 104 Å². The van der Waals surface area contributed by atoms with Gasteiger partial charge in [-0.3, -0.25) is 0 Å². The van der Waals surface area contributed by atoms with Gasteiger partial charge >= 0.3 is 0 Å². The van der Waals surface area contributed by atoms with E-state index < -0.39 is 0 Å². The maximum absolute atomic E-state index is 4.12. The summed E-state index contributed by atoms with van der Waals surface area (Å²) in [4.78, 5) is 7.25. The van der Waals surface area contributed by atoms with Gasteiger partial charge in [0.25, 0.3) is 0 Å². The van der Waals surface area contributed by atoms with Gasteiger partial charge in [-0.25, -0.2) is 4.98 Å². The van der Waals surface area contributed by atoms with E-state index in [2.05, 4.69) is 64.0 Å². The Morgan fingerprint density at radius 1 is 1.25 bits per heavy atom. The highest BCUT2D eigenvalue weighted by Crippen LogP contribution is 2.18. The van der Waals surface area contributed by atoms with E-state index in [4.69, 9.17) is 0 Å². The normalized spacial score (nSPS) is 11.0. The second kappa shape index (κ2) is 4.83. The van der Waals surface area contributed by atoms with Gasteiger partial charge in [0.1, 0.15) is 4.60 Å². The predicted molar refractivity (Wildman–Crippen MR) is 69.6 cm³/mol. The number of H-pyrrole nitrogens is 1. The van der Waals surface area contributed by atoms with Crippen molar-refractivity contribution in [3.8, 4) is 0 Å². The molecule has 0 aliphatic rings. The van der Waals surface area contributed by atoms with E-state index in [1.807, 2.05) is 0 Å². The average molecular weight is 279 g/mol. The van der Waals surface area contributed by atoms with Gasteiger partial charge in [-0.05, 0) is 33.0 Å². The molecule has 84 valence electrons. The molecular formula is C13H15BrN2. The molecule has 1 N–H and O–H groups in total. The zero-order chi connectivity index (χ0) is 11.5. The molecular weight excluding hydrogens is 264 g/mol.